The highest BCUT2D eigenvalue weighted by molar-refractivity contribution is 8.00. The number of ketones is 1. The number of thioether (sulfide) groups is 1. The fraction of sp³-hybridized carbons (Fsp3) is 0.200. The van der Waals surface area contributed by atoms with Crippen molar-refractivity contribution in [3.63, 3.8) is 0 Å². The fourth-order valence-corrected chi connectivity index (χ4v) is 6.20. The normalized spacial score (nSPS) is 16.5. The Labute approximate surface area is 240 Å². The maximum Gasteiger partial charge on any atom is 0.301 e. The SMILES string of the molecule is CCOc1cc(C2/C(=C(/O)c3ccc(C)cc3)C(=O)C(=O)N2c2nnc(SCc3ccc(C)cc3)s2)ccc1O. The Morgan fingerprint density at radius 1 is 1.00 bits per heavy atom. The lowest BCUT2D eigenvalue weighted by molar-refractivity contribution is -0.132. The molecule has 10 heteroatoms. The second-order valence-electron chi connectivity index (χ2n) is 9.32. The number of carbonyl (C=O) groups excluding carboxylic acids is 2. The Kier molecular flexibility index (Phi) is 7.90. The molecule has 0 spiro atoms. The number of aromatic nitrogens is 2. The second-order valence-corrected chi connectivity index (χ2v) is 11.5. The van der Waals surface area contributed by atoms with E-state index >= 15 is 0 Å². The van der Waals surface area contributed by atoms with E-state index in [2.05, 4.69) is 22.3 Å². The minimum Gasteiger partial charge on any atom is -0.507 e. The van der Waals surface area contributed by atoms with Crippen molar-refractivity contribution in [2.75, 3.05) is 11.5 Å². The van der Waals surface area contributed by atoms with Crippen molar-refractivity contribution in [2.45, 2.75) is 36.9 Å². The Morgan fingerprint density at radius 2 is 1.68 bits per heavy atom. The molecule has 4 aromatic rings. The van der Waals surface area contributed by atoms with E-state index in [-0.39, 0.29) is 28.0 Å². The number of anilines is 1. The van der Waals surface area contributed by atoms with E-state index in [0.717, 1.165) is 11.1 Å². The van der Waals surface area contributed by atoms with Crippen LogP contribution in [0.15, 0.2) is 76.6 Å². The van der Waals surface area contributed by atoms with Gasteiger partial charge < -0.3 is 14.9 Å². The third kappa shape index (κ3) is 5.45. The summed E-state index contributed by atoms with van der Waals surface area (Å²) in [4.78, 5) is 28.2. The van der Waals surface area contributed by atoms with Crippen LogP contribution in [0.2, 0.25) is 0 Å². The van der Waals surface area contributed by atoms with Crippen molar-refractivity contribution in [3.8, 4) is 11.5 Å². The summed E-state index contributed by atoms with van der Waals surface area (Å²) >= 11 is 2.68. The number of amides is 1. The molecular formula is C30H27N3O5S2. The standard InChI is InChI=1S/C30H27N3O5S2/c1-4-38-23-15-21(13-14-22(23)34)25-24(26(35)20-11-7-18(3)8-12-20)27(36)28(37)33(25)29-31-32-30(40-29)39-16-19-9-5-17(2)6-10-19/h5-15,25,34-35H,4,16H2,1-3H3/b26-24-. The van der Waals surface area contributed by atoms with Gasteiger partial charge in [-0.1, -0.05) is 88.8 Å². The Bertz CT molecular complexity index is 1600. The molecule has 1 unspecified atom stereocenters. The molecule has 1 aliphatic rings. The molecule has 5 rings (SSSR count). The number of aromatic hydroxyl groups is 1. The first-order chi connectivity index (χ1) is 19.3. The summed E-state index contributed by atoms with van der Waals surface area (Å²) in [6.07, 6.45) is 0. The van der Waals surface area contributed by atoms with Gasteiger partial charge in [-0.25, -0.2) is 0 Å². The Hall–Kier alpha value is -4.15. The summed E-state index contributed by atoms with van der Waals surface area (Å²) in [6.45, 7) is 6.03. The zero-order valence-electron chi connectivity index (χ0n) is 22.1. The first-order valence-electron chi connectivity index (χ1n) is 12.6. The highest BCUT2D eigenvalue weighted by Gasteiger charge is 2.48. The molecule has 1 saturated heterocycles. The van der Waals surface area contributed by atoms with Crippen molar-refractivity contribution in [1.82, 2.24) is 10.2 Å². The number of hydrogen-bond donors (Lipinski definition) is 2. The lowest BCUT2D eigenvalue weighted by Crippen LogP contribution is -2.29. The third-order valence-corrected chi connectivity index (χ3v) is 8.58. The summed E-state index contributed by atoms with van der Waals surface area (Å²) in [5.74, 6) is -1.16. The van der Waals surface area contributed by atoms with Gasteiger partial charge in [0.1, 0.15) is 5.76 Å². The summed E-state index contributed by atoms with van der Waals surface area (Å²) in [6, 6.07) is 18.8. The molecular weight excluding hydrogens is 546 g/mol. The van der Waals surface area contributed by atoms with E-state index in [1.807, 2.05) is 38.1 Å². The van der Waals surface area contributed by atoms with E-state index in [4.69, 9.17) is 4.74 Å². The Morgan fingerprint density at radius 3 is 2.35 bits per heavy atom. The van der Waals surface area contributed by atoms with Crippen molar-refractivity contribution in [2.24, 2.45) is 0 Å². The van der Waals surface area contributed by atoms with Gasteiger partial charge in [-0.3, -0.25) is 14.5 Å². The molecule has 0 radical (unpaired) electrons. The molecule has 8 nitrogen and oxygen atoms in total. The number of Topliss-reactive ketones (excluding diaryl/α,β-unsaturated/α-hetero) is 1. The number of hydrogen-bond acceptors (Lipinski definition) is 9. The zero-order chi connectivity index (χ0) is 28.4. The van der Waals surface area contributed by atoms with Crippen LogP contribution in [-0.2, 0) is 15.3 Å². The van der Waals surface area contributed by atoms with Gasteiger partial charge in [0.15, 0.2) is 15.8 Å². The molecule has 2 heterocycles. The molecule has 1 aromatic heterocycles. The van der Waals surface area contributed by atoms with Gasteiger partial charge in [0.2, 0.25) is 5.13 Å². The first kappa shape index (κ1) is 27.4. The minimum atomic E-state index is -1.01. The van der Waals surface area contributed by atoms with Gasteiger partial charge in [0.25, 0.3) is 5.78 Å². The van der Waals surface area contributed by atoms with Crippen LogP contribution in [-0.4, -0.2) is 38.7 Å². The van der Waals surface area contributed by atoms with Crippen molar-refractivity contribution >= 4 is 45.7 Å². The maximum atomic E-state index is 13.5. The van der Waals surface area contributed by atoms with Gasteiger partial charge in [-0.15, -0.1) is 10.2 Å². The number of phenolic OH excluding ortho intramolecular Hbond substituents is 1. The smallest absolute Gasteiger partial charge is 0.301 e. The number of aliphatic hydroxyl groups is 1. The molecule has 1 fully saturated rings. The number of benzene rings is 3. The quantitative estimate of drug-likeness (QED) is 0.0845. The van der Waals surface area contributed by atoms with Gasteiger partial charge in [0.05, 0.1) is 18.2 Å². The van der Waals surface area contributed by atoms with Crippen LogP contribution in [0.5, 0.6) is 11.5 Å². The third-order valence-electron chi connectivity index (χ3n) is 6.45. The lowest BCUT2D eigenvalue weighted by Gasteiger charge is -2.23. The van der Waals surface area contributed by atoms with Crippen molar-refractivity contribution < 1.29 is 24.5 Å². The average molecular weight is 574 g/mol. The molecule has 1 aliphatic heterocycles. The van der Waals surface area contributed by atoms with E-state index in [0.29, 0.717) is 27.8 Å². The molecule has 40 heavy (non-hydrogen) atoms. The van der Waals surface area contributed by atoms with Crippen LogP contribution in [0.25, 0.3) is 5.76 Å². The van der Waals surface area contributed by atoms with Gasteiger partial charge in [-0.05, 0) is 44.0 Å². The molecule has 3 aromatic carbocycles. The maximum absolute atomic E-state index is 13.5. The molecule has 0 saturated carbocycles. The predicted molar refractivity (Wildman–Crippen MR) is 156 cm³/mol. The molecule has 1 amide bonds. The number of aryl methyl sites for hydroxylation is 2. The van der Waals surface area contributed by atoms with Crippen molar-refractivity contribution in [1.29, 1.82) is 0 Å². The number of phenols is 1. The molecule has 0 aliphatic carbocycles. The van der Waals surface area contributed by atoms with E-state index in [9.17, 15) is 19.8 Å². The average Bonchev–Trinajstić information content (AvgIpc) is 3.52. The van der Waals surface area contributed by atoms with Crippen LogP contribution in [0.3, 0.4) is 0 Å². The van der Waals surface area contributed by atoms with E-state index < -0.39 is 17.7 Å². The molecule has 204 valence electrons. The summed E-state index contributed by atoms with van der Waals surface area (Å²) in [7, 11) is 0. The first-order valence-corrected chi connectivity index (χ1v) is 14.4. The second kappa shape index (κ2) is 11.5. The van der Waals surface area contributed by atoms with Gasteiger partial charge in [0, 0.05) is 11.3 Å². The number of rotatable bonds is 8. The van der Waals surface area contributed by atoms with E-state index in [1.54, 1.807) is 31.2 Å². The minimum absolute atomic E-state index is 0.0770. The summed E-state index contributed by atoms with van der Waals surface area (Å²) in [5, 5.41) is 30.4. The van der Waals surface area contributed by atoms with Crippen LogP contribution in [0.1, 0.15) is 40.8 Å². The highest BCUT2D eigenvalue weighted by atomic mass is 32.2. The summed E-state index contributed by atoms with van der Waals surface area (Å²) in [5.41, 5.74) is 4.08. The summed E-state index contributed by atoms with van der Waals surface area (Å²) < 4.78 is 6.20. The number of nitrogens with zero attached hydrogens (tertiary/aromatic N) is 3. The predicted octanol–water partition coefficient (Wildman–Crippen LogP) is 6.18. The topological polar surface area (TPSA) is 113 Å². The number of ether oxygens (including phenoxy) is 1. The molecule has 2 N–H and O–H groups in total. The number of aliphatic hydroxyl groups excluding tert-OH is 1. The van der Waals surface area contributed by atoms with Crippen LogP contribution in [0, 0.1) is 13.8 Å². The number of carbonyl (C=O) groups is 2. The monoisotopic (exact) mass is 573 g/mol. The highest BCUT2D eigenvalue weighted by Crippen LogP contribution is 2.45. The van der Waals surface area contributed by atoms with E-state index in [1.165, 1.54) is 39.6 Å². The largest absolute Gasteiger partial charge is 0.507 e. The van der Waals surface area contributed by atoms with Crippen LogP contribution >= 0.6 is 23.1 Å². The molecule has 1 atom stereocenters. The van der Waals surface area contributed by atoms with Crippen LogP contribution in [0.4, 0.5) is 5.13 Å². The van der Waals surface area contributed by atoms with Gasteiger partial charge in [-0.2, -0.15) is 0 Å². The van der Waals surface area contributed by atoms with Gasteiger partial charge >= 0.3 is 5.91 Å². The fourth-order valence-electron chi connectivity index (χ4n) is 4.37. The van der Waals surface area contributed by atoms with Crippen LogP contribution < -0.4 is 9.64 Å². The zero-order valence-corrected chi connectivity index (χ0v) is 23.8. The molecule has 0 bridgehead atoms. The lowest BCUT2D eigenvalue weighted by atomic mass is 9.95. The Balaban J connectivity index is 1.56. The van der Waals surface area contributed by atoms with Crippen molar-refractivity contribution in [3.05, 3.63) is 100 Å².